The van der Waals surface area contributed by atoms with Gasteiger partial charge in [-0.2, -0.15) is 0 Å². The van der Waals surface area contributed by atoms with Gasteiger partial charge in [-0.1, -0.05) is 12.2 Å². The van der Waals surface area contributed by atoms with E-state index in [9.17, 15) is 0 Å². The number of hydrogen-bond donors (Lipinski definition) is 0. The molecule has 0 heterocycles. The van der Waals surface area contributed by atoms with Gasteiger partial charge >= 0.3 is 0 Å². The van der Waals surface area contributed by atoms with Crippen molar-refractivity contribution in [2.24, 2.45) is 34.5 Å². The van der Waals surface area contributed by atoms with Gasteiger partial charge < -0.3 is 0 Å². The third-order valence-corrected chi connectivity index (χ3v) is 6.63. The van der Waals surface area contributed by atoms with Crippen LogP contribution in [0.1, 0.15) is 32.1 Å². The first-order chi connectivity index (χ1) is 6.39. The summed E-state index contributed by atoms with van der Waals surface area (Å²) in [5.74, 6) is 4.46. The lowest BCUT2D eigenvalue weighted by Gasteiger charge is -2.32. The van der Waals surface area contributed by atoms with Crippen LogP contribution in [-0.2, 0) is 0 Å². The molecule has 0 nitrogen and oxygen atoms in total. The second kappa shape index (κ2) is 1.43. The topological polar surface area (TPSA) is 0 Å². The Balaban J connectivity index is 1.88. The van der Waals surface area contributed by atoms with Gasteiger partial charge in [-0.05, 0) is 61.2 Å². The van der Waals surface area contributed by atoms with Crippen molar-refractivity contribution in [1.82, 2.24) is 0 Å². The second-order valence-electron chi connectivity index (χ2n) is 6.21. The maximum atomic E-state index is 2.69. The van der Waals surface area contributed by atoms with Gasteiger partial charge in [0.2, 0.25) is 0 Å². The van der Waals surface area contributed by atoms with E-state index in [0.29, 0.717) is 0 Å². The molecule has 0 saturated heterocycles. The lowest BCUT2D eigenvalue weighted by Crippen LogP contribution is -2.28. The average molecular weight is 172 g/mol. The fraction of sp³-hybridized carbons (Fsp3) is 0.846. The van der Waals surface area contributed by atoms with Gasteiger partial charge in [0.1, 0.15) is 0 Å². The number of hydrogen-bond acceptors (Lipinski definition) is 0. The largest absolute Gasteiger partial charge is 0.0839 e. The summed E-state index contributed by atoms with van der Waals surface area (Å²) < 4.78 is 0. The second-order valence-corrected chi connectivity index (χ2v) is 6.21. The number of rotatable bonds is 0. The van der Waals surface area contributed by atoms with E-state index in [0.717, 1.165) is 34.5 Å². The molecule has 0 bridgehead atoms. The van der Waals surface area contributed by atoms with E-state index in [4.69, 9.17) is 0 Å². The summed E-state index contributed by atoms with van der Waals surface area (Å²) >= 11 is 0. The maximum absolute atomic E-state index is 2.69. The molecule has 5 aliphatic carbocycles. The van der Waals surface area contributed by atoms with Crippen molar-refractivity contribution in [2.75, 3.05) is 0 Å². The molecule has 13 heavy (non-hydrogen) atoms. The van der Waals surface area contributed by atoms with Crippen LogP contribution >= 0.6 is 0 Å². The molecule has 4 saturated carbocycles. The Morgan fingerprint density at radius 2 is 2.00 bits per heavy atom. The van der Waals surface area contributed by atoms with Gasteiger partial charge in [0.05, 0.1) is 0 Å². The molecule has 0 aliphatic heterocycles. The monoisotopic (exact) mass is 172 g/mol. The Morgan fingerprint density at radius 1 is 1.08 bits per heavy atom. The first-order valence-electron chi connectivity index (χ1n) is 6.09. The van der Waals surface area contributed by atoms with Gasteiger partial charge in [0, 0.05) is 5.41 Å². The summed E-state index contributed by atoms with van der Waals surface area (Å²) in [5, 5.41) is 0. The summed E-state index contributed by atoms with van der Waals surface area (Å²) in [7, 11) is 0. The van der Waals surface area contributed by atoms with Crippen LogP contribution in [0.5, 0.6) is 0 Å². The maximum Gasteiger partial charge on any atom is 0.000341 e. The van der Waals surface area contributed by atoms with Crippen molar-refractivity contribution in [3.63, 3.8) is 0 Å². The zero-order chi connectivity index (χ0) is 8.26. The Labute approximate surface area is 79.4 Å². The summed E-state index contributed by atoms with van der Waals surface area (Å²) in [6.45, 7) is 0. The Hall–Kier alpha value is -0.260. The smallest absolute Gasteiger partial charge is 0.000341 e. The first kappa shape index (κ1) is 6.27. The standard InChI is InChI=1S/C13H16/c1-2-9-7-11-10-4-6-12(9)8(1)3-5-13(10,11)12/h4,6,8-11H,1-3,5,7H2. The summed E-state index contributed by atoms with van der Waals surface area (Å²) in [6, 6.07) is 0. The third-order valence-electron chi connectivity index (χ3n) is 6.63. The predicted molar refractivity (Wildman–Crippen MR) is 51.1 cm³/mol. The molecule has 0 N–H and O–H groups in total. The van der Waals surface area contributed by atoms with Gasteiger partial charge in [-0.3, -0.25) is 0 Å². The predicted octanol–water partition coefficient (Wildman–Crippen LogP) is 3.00. The highest BCUT2D eigenvalue weighted by atomic mass is 14.9. The van der Waals surface area contributed by atoms with Crippen LogP contribution in [-0.4, -0.2) is 0 Å². The minimum Gasteiger partial charge on any atom is -0.0839 e. The van der Waals surface area contributed by atoms with Crippen LogP contribution in [0.3, 0.4) is 0 Å². The molecule has 5 aliphatic rings. The summed E-state index contributed by atoms with van der Waals surface area (Å²) in [6.07, 6.45) is 13.2. The molecule has 6 unspecified atom stereocenters. The zero-order valence-corrected chi connectivity index (χ0v) is 8.00. The molecule has 2 spiro atoms. The fourth-order valence-electron chi connectivity index (χ4n) is 6.47. The van der Waals surface area contributed by atoms with Crippen LogP contribution in [0.4, 0.5) is 0 Å². The molecular formula is C13H16. The number of allylic oxidation sites excluding steroid dienone is 2. The van der Waals surface area contributed by atoms with Crippen LogP contribution < -0.4 is 0 Å². The normalized spacial score (nSPS) is 74.5. The third kappa shape index (κ3) is 0.358. The minimum absolute atomic E-state index is 0.780. The molecule has 0 radical (unpaired) electrons. The van der Waals surface area contributed by atoms with Crippen LogP contribution in [0, 0.1) is 34.5 Å². The lowest BCUT2D eigenvalue weighted by atomic mass is 9.71. The van der Waals surface area contributed by atoms with Gasteiger partial charge in [-0.15, -0.1) is 0 Å². The van der Waals surface area contributed by atoms with Gasteiger partial charge in [-0.25, -0.2) is 0 Å². The molecule has 68 valence electrons. The van der Waals surface area contributed by atoms with Crippen molar-refractivity contribution in [3.05, 3.63) is 12.2 Å². The molecule has 0 amide bonds. The van der Waals surface area contributed by atoms with Crippen molar-refractivity contribution in [2.45, 2.75) is 32.1 Å². The lowest BCUT2D eigenvalue weighted by molar-refractivity contribution is 0.187. The number of fused-ring (bicyclic) bond motifs is 1. The summed E-state index contributed by atoms with van der Waals surface area (Å²) in [4.78, 5) is 0. The Bertz CT molecular complexity index is 334. The SMILES string of the molecule is C1=CC23C4CCC2CC2C1C23CC4. The molecule has 5 rings (SSSR count). The van der Waals surface area contributed by atoms with E-state index in [1.165, 1.54) is 0 Å². The molecular weight excluding hydrogens is 156 g/mol. The van der Waals surface area contributed by atoms with E-state index >= 15 is 0 Å². The molecule has 0 aromatic rings. The van der Waals surface area contributed by atoms with Crippen LogP contribution in [0.2, 0.25) is 0 Å². The highest BCUT2D eigenvalue weighted by molar-refractivity contribution is 5.43. The van der Waals surface area contributed by atoms with Crippen molar-refractivity contribution < 1.29 is 0 Å². The fourth-order valence-corrected chi connectivity index (χ4v) is 6.47. The highest BCUT2D eigenvalue weighted by Gasteiger charge is 2.85. The van der Waals surface area contributed by atoms with E-state index in [2.05, 4.69) is 12.2 Å². The van der Waals surface area contributed by atoms with Gasteiger partial charge in [0.15, 0.2) is 0 Å². The van der Waals surface area contributed by atoms with E-state index in [-0.39, 0.29) is 0 Å². The minimum atomic E-state index is 0.780. The van der Waals surface area contributed by atoms with E-state index < -0.39 is 0 Å². The van der Waals surface area contributed by atoms with Crippen molar-refractivity contribution >= 4 is 0 Å². The zero-order valence-electron chi connectivity index (χ0n) is 8.00. The molecule has 0 heteroatoms. The Morgan fingerprint density at radius 3 is 3.00 bits per heavy atom. The van der Waals surface area contributed by atoms with E-state index in [1.54, 1.807) is 32.1 Å². The molecule has 0 aromatic heterocycles. The quantitative estimate of drug-likeness (QED) is 0.493. The Kier molecular flexibility index (Phi) is 0.691. The van der Waals surface area contributed by atoms with Crippen LogP contribution in [0.25, 0.3) is 0 Å². The molecule has 6 atom stereocenters. The van der Waals surface area contributed by atoms with Crippen molar-refractivity contribution in [1.29, 1.82) is 0 Å². The molecule has 4 fully saturated rings. The van der Waals surface area contributed by atoms with E-state index in [1.807, 2.05) is 0 Å². The van der Waals surface area contributed by atoms with Gasteiger partial charge in [0.25, 0.3) is 0 Å². The summed E-state index contributed by atoms with van der Waals surface area (Å²) in [5.41, 5.74) is 1.65. The molecule has 0 aromatic carbocycles. The van der Waals surface area contributed by atoms with Crippen molar-refractivity contribution in [3.8, 4) is 0 Å². The van der Waals surface area contributed by atoms with Crippen LogP contribution in [0.15, 0.2) is 12.2 Å². The average Bonchev–Trinajstić information content (AvgIpc) is 2.54. The first-order valence-corrected chi connectivity index (χ1v) is 6.09. The highest BCUT2D eigenvalue weighted by Crippen LogP contribution is 2.90.